The van der Waals surface area contributed by atoms with Crippen LogP contribution in [-0.4, -0.2) is 70.7 Å². The third kappa shape index (κ3) is 7.21. The normalized spacial score (nSPS) is 15.2. The lowest BCUT2D eigenvalue weighted by Gasteiger charge is -2.27. The van der Waals surface area contributed by atoms with Crippen molar-refractivity contribution >= 4 is 27.6 Å². The quantitative estimate of drug-likeness (QED) is 0.461. The summed E-state index contributed by atoms with van der Waals surface area (Å²) >= 11 is 0. The van der Waals surface area contributed by atoms with Crippen molar-refractivity contribution in [1.29, 1.82) is 0 Å². The van der Waals surface area contributed by atoms with Gasteiger partial charge in [-0.25, -0.2) is 13.2 Å². The Morgan fingerprint density at radius 1 is 1.05 bits per heavy atom. The largest absolute Gasteiger partial charge is 0.493 e. The van der Waals surface area contributed by atoms with Gasteiger partial charge in [0.15, 0.2) is 17.6 Å². The maximum absolute atomic E-state index is 13.1. The van der Waals surface area contributed by atoms with Gasteiger partial charge in [-0.3, -0.25) is 4.79 Å². The highest BCUT2D eigenvalue weighted by atomic mass is 32.2. The first kappa shape index (κ1) is 28.4. The Morgan fingerprint density at radius 2 is 1.76 bits per heavy atom. The second-order valence-electron chi connectivity index (χ2n) is 9.10. The van der Waals surface area contributed by atoms with Crippen LogP contribution in [0.1, 0.15) is 36.7 Å². The monoisotopic (exact) mass is 534 g/mol. The lowest BCUT2D eigenvalue weighted by molar-refractivity contribution is -0.123. The van der Waals surface area contributed by atoms with E-state index in [1.165, 1.54) is 36.5 Å². The first-order valence-corrected chi connectivity index (χ1v) is 13.5. The topological polar surface area (TPSA) is 120 Å². The first-order chi connectivity index (χ1) is 17.5. The van der Waals surface area contributed by atoms with Crippen LogP contribution in [0.25, 0.3) is 0 Å². The van der Waals surface area contributed by atoms with E-state index in [0.29, 0.717) is 42.8 Å². The molecule has 1 saturated heterocycles. The van der Waals surface area contributed by atoms with Gasteiger partial charge >= 0.3 is 5.97 Å². The number of morpholine rings is 1. The molecule has 0 radical (unpaired) electrons. The highest BCUT2D eigenvalue weighted by Gasteiger charge is 2.28. The summed E-state index contributed by atoms with van der Waals surface area (Å²) in [4.78, 5) is 25.5. The molecule has 1 fully saturated rings. The summed E-state index contributed by atoms with van der Waals surface area (Å²) in [5, 5.41) is 2.63. The number of ether oxygens (including phenoxy) is 4. The molecule has 1 heterocycles. The minimum atomic E-state index is -3.75. The molecular weight excluding hydrogens is 500 g/mol. The minimum Gasteiger partial charge on any atom is -0.493 e. The van der Waals surface area contributed by atoms with Gasteiger partial charge in [0.25, 0.3) is 5.91 Å². The van der Waals surface area contributed by atoms with Crippen LogP contribution in [0.2, 0.25) is 0 Å². The zero-order chi connectivity index (χ0) is 27.2. The molecule has 1 aliphatic heterocycles. The second kappa shape index (κ2) is 12.4. The Morgan fingerprint density at radius 3 is 2.41 bits per heavy atom. The van der Waals surface area contributed by atoms with Crippen LogP contribution in [0.15, 0.2) is 41.3 Å². The average Bonchev–Trinajstić information content (AvgIpc) is 2.88. The fourth-order valence-electron chi connectivity index (χ4n) is 3.58. The number of hydrogen-bond acceptors (Lipinski definition) is 8. The predicted octanol–water partition coefficient (Wildman–Crippen LogP) is 3.24. The molecular formula is C26H34N2O8S. The molecule has 37 heavy (non-hydrogen) atoms. The molecule has 1 N–H and O–H groups in total. The van der Waals surface area contributed by atoms with E-state index < -0.39 is 28.0 Å². The summed E-state index contributed by atoms with van der Waals surface area (Å²) in [6.07, 6.45) is -1.14. The van der Waals surface area contributed by atoms with Gasteiger partial charge in [0.1, 0.15) is 0 Å². The SMILES string of the molecule is COc1cc(C(=O)OC(C)C(=O)Nc2ccc(C)c(S(=O)(=O)N3CCOCC3)c2)ccc1OCC(C)C. The number of carbonyl (C=O) groups excluding carboxylic acids is 2. The Hall–Kier alpha value is -3.15. The molecule has 1 unspecified atom stereocenters. The first-order valence-electron chi connectivity index (χ1n) is 12.0. The van der Waals surface area contributed by atoms with Crippen molar-refractivity contribution < 1.29 is 37.0 Å². The molecule has 202 valence electrons. The molecule has 0 aliphatic carbocycles. The molecule has 11 heteroatoms. The summed E-state index contributed by atoms with van der Waals surface area (Å²) in [5.74, 6) is -0.119. The number of esters is 1. The average molecular weight is 535 g/mol. The Bertz CT molecular complexity index is 1220. The van der Waals surface area contributed by atoms with Crippen molar-refractivity contribution in [2.75, 3.05) is 45.3 Å². The number of nitrogens with one attached hydrogen (secondary N) is 1. The molecule has 1 atom stereocenters. The van der Waals surface area contributed by atoms with Gasteiger partial charge in [0.05, 0.1) is 37.4 Å². The number of amides is 1. The van der Waals surface area contributed by atoms with Crippen LogP contribution >= 0.6 is 0 Å². The number of benzene rings is 2. The third-order valence-electron chi connectivity index (χ3n) is 5.67. The number of methoxy groups -OCH3 is 1. The van der Waals surface area contributed by atoms with Gasteiger partial charge in [0, 0.05) is 18.8 Å². The summed E-state index contributed by atoms with van der Waals surface area (Å²) < 4.78 is 49.2. The van der Waals surface area contributed by atoms with Crippen LogP contribution in [0.5, 0.6) is 11.5 Å². The third-order valence-corrected chi connectivity index (χ3v) is 7.71. The van der Waals surface area contributed by atoms with Crippen molar-refractivity contribution in [3.05, 3.63) is 47.5 Å². The Labute approximate surface area is 217 Å². The van der Waals surface area contributed by atoms with Crippen LogP contribution in [-0.2, 0) is 24.3 Å². The van der Waals surface area contributed by atoms with E-state index in [-0.39, 0.29) is 29.2 Å². The van der Waals surface area contributed by atoms with E-state index in [0.717, 1.165) is 0 Å². The fourth-order valence-corrected chi connectivity index (χ4v) is 5.24. The van der Waals surface area contributed by atoms with E-state index in [2.05, 4.69) is 5.32 Å². The number of rotatable bonds is 10. The molecule has 0 aromatic heterocycles. The Balaban J connectivity index is 1.67. The van der Waals surface area contributed by atoms with E-state index in [9.17, 15) is 18.0 Å². The zero-order valence-corrected chi connectivity index (χ0v) is 22.6. The molecule has 0 saturated carbocycles. The Kier molecular flexibility index (Phi) is 9.52. The van der Waals surface area contributed by atoms with Crippen LogP contribution in [0, 0.1) is 12.8 Å². The molecule has 2 aromatic carbocycles. The number of nitrogens with zero attached hydrogens (tertiary/aromatic N) is 1. The molecule has 2 aromatic rings. The van der Waals surface area contributed by atoms with E-state index in [1.54, 1.807) is 25.1 Å². The van der Waals surface area contributed by atoms with Gasteiger partial charge in [-0.15, -0.1) is 0 Å². The standard InChI is InChI=1S/C26H34N2O8S/c1-17(2)16-35-22-9-7-20(14-23(22)33-5)26(30)36-19(4)25(29)27-21-8-6-18(3)24(15-21)37(31,32)28-10-12-34-13-11-28/h6-9,14-15,17,19H,10-13,16H2,1-5H3,(H,27,29). The van der Waals surface area contributed by atoms with E-state index in [1.807, 2.05) is 13.8 Å². The summed E-state index contributed by atoms with van der Waals surface area (Å²) in [6.45, 7) is 8.85. The van der Waals surface area contributed by atoms with Crippen molar-refractivity contribution in [2.24, 2.45) is 5.92 Å². The number of sulfonamides is 1. The van der Waals surface area contributed by atoms with Gasteiger partial charge in [-0.1, -0.05) is 19.9 Å². The van der Waals surface area contributed by atoms with Gasteiger partial charge in [-0.05, 0) is 55.7 Å². The van der Waals surface area contributed by atoms with Crippen LogP contribution in [0.3, 0.4) is 0 Å². The highest BCUT2D eigenvalue weighted by Crippen LogP contribution is 2.29. The number of hydrogen-bond donors (Lipinski definition) is 1. The molecule has 10 nitrogen and oxygen atoms in total. The minimum absolute atomic E-state index is 0.101. The van der Waals surface area contributed by atoms with E-state index >= 15 is 0 Å². The predicted molar refractivity (Wildman–Crippen MR) is 138 cm³/mol. The molecule has 1 aliphatic rings. The number of carbonyl (C=O) groups is 2. The zero-order valence-electron chi connectivity index (χ0n) is 21.8. The summed E-state index contributed by atoms with van der Waals surface area (Å²) in [6, 6.07) is 9.27. The molecule has 1 amide bonds. The number of aryl methyl sites for hydroxylation is 1. The van der Waals surface area contributed by atoms with Gasteiger partial charge in [0.2, 0.25) is 10.0 Å². The van der Waals surface area contributed by atoms with Crippen LogP contribution in [0.4, 0.5) is 5.69 Å². The van der Waals surface area contributed by atoms with Gasteiger partial charge < -0.3 is 24.3 Å². The summed E-state index contributed by atoms with van der Waals surface area (Å²) in [7, 11) is -2.28. The highest BCUT2D eigenvalue weighted by molar-refractivity contribution is 7.89. The molecule has 0 bridgehead atoms. The fraction of sp³-hybridized carbons (Fsp3) is 0.462. The summed E-state index contributed by atoms with van der Waals surface area (Å²) in [5.41, 5.74) is 1.03. The van der Waals surface area contributed by atoms with Crippen molar-refractivity contribution in [2.45, 2.75) is 38.7 Å². The van der Waals surface area contributed by atoms with Crippen molar-refractivity contribution in [3.63, 3.8) is 0 Å². The van der Waals surface area contributed by atoms with Crippen molar-refractivity contribution in [3.8, 4) is 11.5 Å². The molecule has 0 spiro atoms. The number of anilines is 1. The maximum atomic E-state index is 13.1. The lowest BCUT2D eigenvalue weighted by atomic mass is 10.2. The van der Waals surface area contributed by atoms with E-state index in [4.69, 9.17) is 18.9 Å². The lowest BCUT2D eigenvalue weighted by Crippen LogP contribution is -2.40. The maximum Gasteiger partial charge on any atom is 0.339 e. The second-order valence-corrected chi connectivity index (χ2v) is 11.0. The molecule has 3 rings (SSSR count). The smallest absolute Gasteiger partial charge is 0.339 e. The van der Waals surface area contributed by atoms with Crippen LogP contribution < -0.4 is 14.8 Å². The van der Waals surface area contributed by atoms with Crippen molar-refractivity contribution in [1.82, 2.24) is 4.31 Å². The van der Waals surface area contributed by atoms with Gasteiger partial charge in [-0.2, -0.15) is 4.31 Å².